The summed E-state index contributed by atoms with van der Waals surface area (Å²) in [5, 5.41) is 0. The summed E-state index contributed by atoms with van der Waals surface area (Å²) in [6.45, 7) is 3.86. The fourth-order valence-corrected chi connectivity index (χ4v) is 2.50. The van der Waals surface area contributed by atoms with E-state index >= 15 is 0 Å². The lowest BCUT2D eigenvalue weighted by Crippen LogP contribution is -2.27. The molecular weight excluding hydrogens is 234 g/mol. The van der Waals surface area contributed by atoms with Gasteiger partial charge in [0.2, 0.25) is 0 Å². The number of para-hydroxylation sites is 1. The summed E-state index contributed by atoms with van der Waals surface area (Å²) in [6.07, 6.45) is 1.10. The molecule has 0 unspecified atom stereocenters. The van der Waals surface area contributed by atoms with Crippen LogP contribution in [0.3, 0.4) is 0 Å². The van der Waals surface area contributed by atoms with E-state index in [9.17, 15) is 0 Å². The molecule has 0 radical (unpaired) electrons. The van der Waals surface area contributed by atoms with E-state index in [2.05, 4.69) is 53.4 Å². The van der Waals surface area contributed by atoms with Gasteiger partial charge in [0.15, 0.2) is 0 Å². The summed E-state index contributed by atoms with van der Waals surface area (Å²) in [7, 11) is 0. The molecule has 3 rings (SSSR count). The van der Waals surface area contributed by atoms with Crippen molar-refractivity contribution in [2.45, 2.75) is 13.0 Å². The van der Waals surface area contributed by atoms with E-state index in [4.69, 9.17) is 4.74 Å². The lowest BCUT2D eigenvalue weighted by atomic mass is 10.1. The topological polar surface area (TPSA) is 12.5 Å². The maximum absolute atomic E-state index is 5.79. The molecule has 2 nitrogen and oxygen atoms in total. The number of nitrogens with zero attached hydrogens (tertiary/aromatic N) is 1. The SMILES string of the molecule is c1ccc(CCN2CCOc3ccccc3C2)cc1. The minimum atomic E-state index is 0.784. The van der Waals surface area contributed by atoms with Crippen LogP contribution in [0.1, 0.15) is 11.1 Å². The van der Waals surface area contributed by atoms with Gasteiger partial charge in [0.25, 0.3) is 0 Å². The van der Waals surface area contributed by atoms with Crippen LogP contribution in [0.25, 0.3) is 0 Å². The van der Waals surface area contributed by atoms with Crippen molar-refractivity contribution in [3.63, 3.8) is 0 Å². The van der Waals surface area contributed by atoms with E-state index in [0.29, 0.717) is 0 Å². The number of hydrogen-bond acceptors (Lipinski definition) is 2. The zero-order chi connectivity index (χ0) is 12.9. The van der Waals surface area contributed by atoms with Crippen molar-refractivity contribution in [3.05, 3.63) is 65.7 Å². The minimum absolute atomic E-state index is 0.784. The Morgan fingerprint density at radius 1 is 0.947 bits per heavy atom. The van der Waals surface area contributed by atoms with Crippen LogP contribution in [-0.4, -0.2) is 24.6 Å². The van der Waals surface area contributed by atoms with Crippen molar-refractivity contribution >= 4 is 0 Å². The third-order valence-corrected chi connectivity index (χ3v) is 3.59. The number of ether oxygens (including phenoxy) is 1. The van der Waals surface area contributed by atoms with Gasteiger partial charge in [-0.3, -0.25) is 4.90 Å². The predicted molar refractivity (Wildman–Crippen MR) is 77.4 cm³/mol. The largest absolute Gasteiger partial charge is 0.492 e. The van der Waals surface area contributed by atoms with Gasteiger partial charge in [-0.05, 0) is 18.1 Å². The van der Waals surface area contributed by atoms with Crippen LogP contribution in [0.15, 0.2) is 54.6 Å². The summed E-state index contributed by atoms with van der Waals surface area (Å²) < 4.78 is 5.79. The van der Waals surface area contributed by atoms with Gasteiger partial charge in [-0.25, -0.2) is 0 Å². The van der Waals surface area contributed by atoms with Gasteiger partial charge in [-0.2, -0.15) is 0 Å². The molecule has 1 aliphatic rings. The smallest absolute Gasteiger partial charge is 0.123 e. The predicted octanol–water partition coefficient (Wildman–Crippen LogP) is 3.12. The first-order valence-electron chi connectivity index (χ1n) is 6.89. The molecular formula is C17H19NO. The van der Waals surface area contributed by atoms with E-state index < -0.39 is 0 Å². The Morgan fingerprint density at radius 3 is 2.63 bits per heavy atom. The number of benzene rings is 2. The van der Waals surface area contributed by atoms with Gasteiger partial charge in [0.1, 0.15) is 12.4 Å². The van der Waals surface area contributed by atoms with E-state index in [1.54, 1.807) is 0 Å². The fourth-order valence-electron chi connectivity index (χ4n) is 2.50. The standard InChI is InChI=1S/C17H19NO/c1-2-6-15(7-3-1)10-11-18-12-13-19-17-9-5-4-8-16(17)14-18/h1-9H,10-14H2. The molecule has 1 heterocycles. The van der Waals surface area contributed by atoms with Gasteiger partial charge in [-0.15, -0.1) is 0 Å². The Bertz CT molecular complexity index is 524. The zero-order valence-corrected chi connectivity index (χ0v) is 11.1. The lowest BCUT2D eigenvalue weighted by Gasteiger charge is -2.19. The molecule has 2 aromatic rings. The van der Waals surface area contributed by atoms with Crippen LogP contribution in [0.5, 0.6) is 5.75 Å². The summed E-state index contributed by atoms with van der Waals surface area (Å²) in [5.41, 5.74) is 2.70. The monoisotopic (exact) mass is 253 g/mol. The summed E-state index contributed by atoms with van der Waals surface area (Å²) in [4.78, 5) is 2.47. The van der Waals surface area contributed by atoms with Crippen molar-refractivity contribution in [1.82, 2.24) is 4.90 Å². The second kappa shape index (κ2) is 5.89. The van der Waals surface area contributed by atoms with Crippen LogP contribution < -0.4 is 4.74 Å². The molecule has 0 amide bonds. The van der Waals surface area contributed by atoms with Crippen LogP contribution in [-0.2, 0) is 13.0 Å². The average molecular weight is 253 g/mol. The first kappa shape index (κ1) is 12.2. The molecule has 0 aliphatic carbocycles. The van der Waals surface area contributed by atoms with Crippen molar-refractivity contribution in [1.29, 1.82) is 0 Å². The van der Waals surface area contributed by atoms with E-state index in [-0.39, 0.29) is 0 Å². The van der Waals surface area contributed by atoms with Gasteiger partial charge < -0.3 is 4.74 Å². The van der Waals surface area contributed by atoms with Gasteiger partial charge in [-0.1, -0.05) is 48.5 Å². The van der Waals surface area contributed by atoms with Gasteiger partial charge in [0, 0.05) is 25.2 Å². The zero-order valence-electron chi connectivity index (χ0n) is 11.1. The Balaban J connectivity index is 1.63. The van der Waals surface area contributed by atoms with Crippen LogP contribution in [0.4, 0.5) is 0 Å². The van der Waals surface area contributed by atoms with E-state index in [0.717, 1.165) is 38.4 Å². The van der Waals surface area contributed by atoms with Crippen LogP contribution >= 0.6 is 0 Å². The maximum atomic E-state index is 5.79. The highest BCUT2D eigenvalue weighted by molar-refractivity contribution is 5.33. The second-order valence-corrected chi connectivity index (χ2v) is 4.97. The molecule has 0 saturated heterocycles. The highest BCUT2D eigenvalue weighted by Crippen LogP contribution is 2.22. The molecule has 98 valence electrons. The second-order valence-electron chi connectivity index (χ2n) is 4.97. The molecule has 0 saturated carbocycles. The first-order valence-corrected chi connectivity index (χ1v) is 6.89. The average Bonchev–Trinajstić information content (AvgIpc) is 2.68. The summed E-state index contributed by atoms with van der Waals surface area (Å²) in [5.74, 6) is 1.05. The van der Waals surface area contributed by atoms with Crippen LogP contribution in [0.2, 0.25) is 0 Å². The summed E-state index contributed by atoms with van der Waals surface area (Å²) >= 11 is 0. The Morgan fingerprint density at radius 2 is 1.74 bits per heavy atom. The molecule has 0 aromatic heterocycles. The maximum Gasteiger partial charge on any atom is 0.123 e. The molecule has 0 bridgehead atoms. The normalized spacial score (nSPS) is 15.4. The molecule has 2 heteroatoms. The molecule has 19 heavy (non-hydrogen) atoms. The van der Waals surface area contributed by atoms with Crippen molar-refractivity contribution in [3.8, 4) is 5.75 Å². The molecule has 0 atom stereocenters. The molecule has 0 fully saturated rings. The quantitative estimate of drug-likeness (QED) is 0.833. The Labute approximate surface area is 114 Å². The lowest BCUT2D eigenvalue weighted by molar-refractivity contribution is 0.228. The first-order chi connectivity index (χ1) is 9.42. The van der Waals surface area contributed by atoms with Crippen molar-refractivity contribution < 1.29 is 4.74 Å². The highest BCUT2D eigenvalue weighted by atomic mass is 16.5. The minimum Gasteiger partial charge on any atom is -0.492 e. The van der Waals surface area contributed by atoms with Crippen molar-refractivity contribution in [2.24, 2.45) is 0 Å². The van der Waals surface area contributed by atoms with E-state index in [1.165, 1.54) is 11.1 Å². The molecule has 0 N–H and O–H groups in total. The van der Waals surface area contributed by atoms with Gasteiger partial charge >= 0.3 is 0 Å². The summed E-state index contributed by atoms with van der Waals surface area (Å²) in [6, 6.07) is 19.0. The number of fused-ring (bicyclic) bond motifs is 1. The molecule has 1 aliphatic heterocycles. The molecule has 2 aromatic carbocycles. The van der Waals surface area contributed by atoms with E-state index in [1.807, 2.05) is 6.07 Å². The third-order valence-electron chi connectivity index (χ3n) is 3.59. The Hall–Kier alpha value is -1.80. The number of hydrogen-bond donors (Lipinski definition) is 0. The molecule has 0 spiro atoms. The third kappa shape index (κ3) is 3.15. The fraction of sp³-hybridized carbons (Fsp3) is 0.294. The van der Waals surface area contributed by atoms with Gasteiger partial charge in [0.05, 0.1) is 0 Å². The van der Waals surface area contributed by atoms with Crippen LogP contribution in [0, 0.1) is 0 Å². The van der Waals surface area contributed by atoms with Crippen molar-refractivity contribution in [2.75, 3.05) is 19.7 Å². The Kier molecular flexibility index (Phi) is 3.80. The number of rotatable bonds is 3. The highest BCUT2D eigenvalue weighted by Gasteiger charge is 2.14.